The van der Waals surface area contributed by atoms with E-state index in [9.17, 15) is 4.79 Å². The molecule has 70 valence electrons. The Kier molecular flexibility index (Phi) is 3.94. The molecule has 0 saturated carbocycles. The van der Waals surface area contributed by atoms with Crippen LogP contribution in [0.3, 0.4) is 0 Å². The fraction of sp³-hybridized carbons (Fsp3) is 0.667. The quantitative estimate of drug-likeness (QED) is 0.646. The summed E-state index contributed by atoms with van der Waals surface area (Å²) in [4.78, 5) is 12.9. The second-order valence-corrected chi connectivity index (χ2v) is 3.37. The van der Waals surface area contributed by atoms with Crippen molar-refractivity contribution in [2.45, 2.75) is 20.3 Å². The van der Waals surface area contributed by atoms with Crippen molar-refractivity contribution in [3.8, 4) is 12.1 Å². The number of nitriles is 2. The average Bonchev–Trinajstić information content (AvgIpc) is 2.12. The summed E-state index contributed by atoms with van der Waals surface area (Å²) in [5.41, 5.74) is -0.996. The number of carbonyl (C=O) groups excluding carboxylic acids is 1. The maximum absolute atomic E-state index is 11.5. The largest absolute Gasteiger partial charge is 0.343 e. The second-order valence-electron chi connectivity index (χ2n) is 3.37. The van der Waals surface area contributed by atoms with E-state index in [1.807, 2.05) is 12.1 Å². The van der Waals surface area contributed by atoms with Gasteiger partial charge >= 0.3 is 0 Å². The van der Waals surface area contributed by atoms with Crippen molar-refractivity contribution in [3.05, 3.63) is 0 Å². The summed E-state index contributed by atoms with van der Waals surface area (Å²) in [6, 6.07) is 3.87. The summed E-state index contributed by atoms with van der Waals surface area (Å²) in [6.07, 6.45) is 0.295. The van der Waals surface area contributed by atoms with Gasteiger partial charge in [-0.3, -0.25) is 4.79 Å². The van der Waals surface area contributed by atoms with Gasteiger partial charge in [-0.1, -0.05) is 0 Å². The van der Waals surface area contributed by atoms with Gasteiger partial charge in [0.25, 0.3) is 0 Å². The van der Waals surface area contributed by atoms with Gasteiger partial charge in [-0.15, -0.1) is 0 Å². The lowest BCUT2D eigenvalue weighted by Crippen LogP contribution is -2.38. The van der Waals surface area contributed by atoms with Crippen molar-refractivity contribution in [2.75, 3.05) is 13.6 Å². The van der Waals surface area contributed by atoms with Gasteiger partial charge in [0.15, 0.2) is 0 Å². The molecule has 0 N–H and O–H groups in total. The third kappa shape index (κ3) is 3.13. The zero-order valence-corrected chi connectivity index (χ0v) is 8.16. The SMILES string of the molecule is CN(CCC#N)C(=O)C(C)(C)C#N. The maximum atomic E-state index is 11.5. The van der Waals surface area contributed by atoms with E-state index < -0.39 is 5.41 Å². The minimum Gasteiger partial charge on any atom is -0.343 e. The highest BCUT2D eigenvalue weighted by Crippen LogP contribution is 2.16. The predicted molar refractivity (Wildman–Crippen MR) is 47.3 cm³/mol. The molecule has 0 aromatic carbocycles. The van der Waals surface area contributed by atoms with Crippen LogP contribution in [0.15, 0.2) is 0 Å². The molecule has 0 unspecified atom stereocenters. The smallest absolute Gasteiger partial charge is 0.242 e. The molecule has 4 nitrogen and oxygen atoms in total. The van der Waals surface area contributed by atoms with E-state index in [1.54, 1.807) is 20.9 Å². The van der Waals surface area contributed by atoms with Gasteiger partial charge in [-0.25, -0.2) is 0 Å². The third-order valence-electron chi connectivity index (χ3n) is 1.72. The van der Waals surface area contributed by atoms with Gasteiger partial charge in [0, 0.05) is 13.6 Å². The summed E-state index contributed by atoms with van der Waals surface area (Å²) in [5, 5.41) is 17.0. The number of carbonyl (C=O) groups is 1. The molecule has 0 heterocycles. The van der Waals surface area contributed by atoms with E-state index in [-0.39, 0.29) is 5.91 Å². The zero-order chi connectivity index (χ0) is 10.5. The summed E-state index contributed by atoms with van der Waals surface area (Å²) in [5.74, 6) is -0.245. The molecule has 0 atom stereocenters. The van der Waals surface area contributed by atoms with Crippen LogP contribution in [0.1, 0.15) is 20.3 Å². The van der Waals surface area contributed by atoms with Crippen LogP contribution >= 0.6 is 0 Å². The van der Waals surface area contributed by atoms with E-state index in [2.05, 4.69) is 0 Å². The standard InChI is InChI=1S/C9H13N3O/c1-9(2,7-11)8(13)12(3)6-4-5-10/h4,6H2,1-3H3. The molecule has 0 rings (SSSR count). The lowest BCUT2D eigenvalue weighted by Gasteiger charge is -2.22. The monoisotopic (exact) mass is 179 g/mol. The Balaban J connectivity index is 4.30. The zero-order valence-electron chi connectivity index (χ0n) is 8.16. The first-order valence-corrected chi connectivity index (χ1v) is 3.99. The minimum atomic E-state index is -0.996. The van der Waals surface area contributed by atoms with Crippen LogP contribution in [0.2, 0.25) is 0 Å². The second kappa shape index (κ2) is 4.47. The van der Waals surface area contributed by atoms with Crippen molar-refractivity contribution in [1.82, 2.24) is 4.90 Å². The first-order chi connectivity index (χ1) is 5.95. The Hall–Kier alpha value is -1.55. The van der Waals surface area contributed by atoms with Crippen molar-refractivity contribution in [3.63, 3.8) is 0 Å². The maximum Gasteiger partial charge on any atom is 0.242 e. The minimum absolute atomic E-state index is 0.245. The number of nitrogens with zero attached hydrogens (tertiary/aromatic N) is 3. The summed E-state index contributed by atoms with van der Waals surface area (Å²) in [7, 11) is 1.60. The van der Waals surface area contributed by atoms with Crippen LogP contribution in [-0.4, -0.2) is 24.4 Å². The molecule has 0 radical (unpaired) electrons. The van der Waals surface area contributed by atoms with E-state index in [1.165, 1.54) is 4.90 Å². The van der Waals surface area contributed by atoms with Crippen LogP contribution in [0, 0.1) is 28.1 Å². The average molecular weight is 179 g/mol. The van der Waals surface area contributed by atoms with E-state index in [0.717, 1.165) is 0 Å². The fourth-order valence-electron chi connectivity index (χ4n) is 0.844. The molecule has 0 aliphatic carbocycles. The van der Waals surface area contributed by atoms with Crippen LogP contribution in [-0.2, 0) is 4.79 Å². The molecule has 0 fully saturated rings. The van der Waals surface area contributed by atoms with Gasteiger partial charge in [-0.05, 0) is 13.8 Å². The summed E-state index contributed by atoms with van der Waals surface area (Å²) < 4.78 is 0. The third-order valence-corrected chi connectivity index (χ3v) is 1.72. The fourth-order valence-corrected chi connectivity index (χ4v) is 0.844. The van der Waals surface area contributed by atoms with E-state index in [4.69, 9.17) is 10.5 Å². The number of rotatable bonds is 3. The van der Waals surface area contributed by atoms with Crippen molar-refractivity contribution in [1.29, 1.82) is 10.5 Å². The lowest BCUT2D eigenvalue weighted by molar-refractivity contribution is -0.136. The van der Waals surface area contributed by atoms with Crippen molar-refractivity contribution in [2.24, 2.45) is 5.41 Å². The lowest BCUT2D eigenvalue weighted by atomic mass is 9.94. The van der Waals surface area contributed by atoms with Crippen molar-refractivity contribution >= 4 is 5.91 Å². The molecule has 13 heavy (non-hydrogen) atoms. The molecule has 1 amide bonds. The Morgan fingerprint density at radius 3 is 2.38 bits per heavy atom. The highest BCUT2D eigenvalue weighted by atomic mass is 16.2. The molecule has 0 aromatic rings. The summed E-state index contributed by atoms with van der Waals surface area (Å²) >= 11 is 0. The first kappa shape index (κ1) is 11.4. The Bertz CT molecular complexity index is 270. The predicted octanol–water partition coefficient (Wildman–Crippen LogP) is 0.908. The molecule has 0 aromatic heterocycles. The molecule has 0 spiro atoms. The summed E-state index contributed by atoms with van der Waals surface area (Å²) in [6.45, 7) is 3.51. The molecule has 0 saturated heterocycles. The molecule has 0 bridgehead atoms. The molecular formula is C9H13N3O. The van der Waals surface area contributed by atoms with E-state index >= 15 is 0 Å². The first-order valence-electron chi connectivity index (χ1n) is 3.99. The molecule has 0 aliphatic rings. The Morgan fingerprint density at radius 2 is 2.00 bits per heavy atom. The number of hydrogen-bond acceptors (Lipinski definition) is 3. The molecular weight excluding hydrogens is 166 g/mol. The van der Waals surface area contributed by atoms with Gasteiger partial charge in [0.1, 0.15) is 5.41 Å². The number of amides is 1. The van der Waals surface area contributed by atoms with Gasteiger partial charge in [0.2, 0.25) is 5.91 Å². The van der Waals surface area contributed by atoms with Gasteiger partial charge in [-0.2, -0.15) is 10.5 Å². The Labute approximate surface area is 78.4 Å². The van der Waals surface area contributed by atoms with E-state index in [0.29, 0.717) is 13.0 Å². The molecule has 0 aliphatic heterocycles. The highest BCUT2D eigenvalue weighted by molar-refractivity contribution is 5.84. The Morgan fingerprint density at radius 1 is 1.46 bits per heavy atom. The van der Waals surface area contributed by atoms with Crippen LogP contribution in [0.5, 0.6) is 0 Å². The van der Waals surface area contributed by atoms with Crippen LogP contribution in [0.4, 0.5) is 0 Å². The topological polar surface area (TPSA) is 67.9 Å². The number of hydrogen-bond donors (Lipinski definition) is 0. The normalized spacial score (nSPS) is 9.92. The van der Waals surface area contributed by atoms with Crippen LogP contribution in [0.25, 0.3) is 0 Å². The van der Waals surface area contributed by atoms with Gasteiger partial charge in [0.05, 0.1) is 18.6 Å². The highest BCUT2D eigenvalue weighted by Gasteiger charge is 2.29. The molecule has 4 heteroatoms. The van der Waals surface area contributed by atoms with Crippen molar-refractivity contribution < 1.29 is 4.79 Å². The van der Waals surface area contributed by atoms with Gasteiger partial charge < -0.3 is 4.90 Å². The van der Waals surface area contributed by atoms with Crippen LogP contribution < -0.4 is 0 Å².